The lowest BCUT2D eigenvalue weighted by Crippen LogP contribution is -2.07. The highest BCUT2D eigenvalue weighted by atomic mass is 35.5. The second-order valence-corrected chi connectivity index (χ2v) is 4.85. The summed E-state index contributed by atoms with van der Waals surface area (Å²) in [5, 5.41) is 3.79. The van der Waals surface area contributed by atoms with Crippen LogP contribution in [0.2, 0.25) is 5.02 Å². The number of aryl methyl sites for hydroxylation is 1. The molecule has 0 atom stereocenters. The van der Waals surface area contributed by atoms with E-state index in [1.165, 1.54) is 0 Å². The van der Waals surface area contributed by atoms with Gasteiger partial charge in [0.1, 0.15) is 17.4 Å². The van der Waals surface area contributed by atoms with E-state index in [2.05, 4.69) is 27.2 Å². The maximum atomic E-state index is 5.89. The molecule has 0 aliphatic heterocycles. The van der Waals surface area contributed by atoms with Crippen LogP contribution in [0.3, 0.4) is 0 Å². The zero-order chi connectivity index (χ0) is 14.5. The molecule has 0 aliphatic carbocycles. The molecule has 2 heterocycles. The van der Waals surface area contributed by atoms with Gasteiger partial charge < -0.3 is 10.1 Å². The molecule has 0 aromatic carbocycles. The zero-order valence-electron chi connectivity index (χ0n) is 11.8. The second kappa shape index (κ2) is 6.52. The number of halogens is 1. The first-order chi connectivity index (χ1) is 9.60. The first kappa shape index (κ1) is 14.5. The van der Waals surface area contributed by atoms with E-state index in [-0.39, 0.29) is 0 Å². The van der Waals surface area contributed by atoms with Crippen LogP contribution in [0.25, 0.3) is 0 Å². The van der Waals surface area contributed by atoms with Crippen molar-refractivity contribution in [1.29, 1.82) is 0 Å². The summed E-state index contributed by atoms with van der Waals surface area (Å²) in [4.78, 5) is 12.7. The molecule has 0 bridgehead atoms. The molecule has 20 heavy (non-hydrogen) atoms. The lowest BCUT2D eigenvalue weighted by atomic mass is 10.3. The van der Waals surface area contributed by atoms with Crippen molar-refractivity contribution in [2.75, 3.05) is 11.9 Å². The van der Waals surface area contributed by atoms with Gasteiger partial charge in [-0.25, -0.2) is 4.98 Å². The van der Waals surface area contributed by atoms with Gasteiger partial charge in [0, 0.05) is 18.8 Å². The van der Waals surface area contributed by atoms with Gasteiger partial charge in [0.05, 0.1) is 16.8 Å². The summed E-state index contributed by atoms with van der Waals surface area (Å²) in [5.41, 5.74) is 0.865. The third-order valence-corrected chi connectivity index (χ3v) is 2.86. The highest BCUT2D eigenvalue weighted by Gasteiger charge is 2.11. The van der Waals surface area contributed by atoms with Crippen molar-refractivity contribution in [1.82, 2.24) is 15.0 Å². The van der Waals surface area contributed by atoms with Crippen LogP contribution in [0.1, 0.15) is 24.7 Å². The zero-order valence-corrected chi connectivity index (χ0v) is 12.5. The van der Waals surface area contributed by atoms with Crippen LogP contribution in [-0.2, 0) is 0 Å². The molecule has 1 N–H and O–H groups in total. The van der Waals surface area contributed by atoms with Crippen molar-refractivity contribution in [2.24, 2.45) is 0 Å². The van der Waals surface area contributed by atoms with E-state index in [0.29, 0.717) is 22.5 Å². The normalized spacial score (nSPS) is 10.4. The quantitative estimate of drug-likeness (QED) is 0.909. The third-order valence-electron chi connectivity index (χ3n) is 2.65. The first-order valence-corrected chi connectivity index (χ1v) is 6.85. The summed E-state index contributed by atoms with van der Waals surface area (Å²) in [6.45, 7) is 6.71. The van der Waals surface area contributed by atoms with Crippen molar-refractivity contribution < 1.29 is 4.74 Å². The Morgan fingerprint density at radius 2 is 2.05 bits per heavy atom. The molecule has 0 fully saturated rings. The Hall–Kier alpha value is -1.88. The van der Waals surface area contributed by atoms with Crippen LogP contribution >= 0.6 is 11.6 Å². The van der Waals surface area contributed by atoms with Gasteiger partial charge in [0.2, 0.25) is 5.88 Å². The number of hydrogen-bond donors (Lipinski definition) is 1. The van der Waals surface area contributed by atoms with E-state index >= 15 is 0 Å². The Labute approximate surface area is 123 Å². The molecule has 2 aromatic heterocycles. The Morgan fingerprint density at radius 3 is 2.75 bits per heavy atom. The molecule has 0 aliphatic rings. The summed E-state index contributed by atoms with van der Waals surface area (Å²) in [6, 6.07) is 1.70. The van der Waals surface area contributed by atoms with Gasteiger partial charge >= 0.3 is 0 Å². The van der Waals surface area contributed by atoms with Crippen LogP contribution in [0.4, 0.5) is 5.82 Å². The molecule has 2 aromatic rings. The van der Waals surface area contributed by atoms with Crippen LogP contribution in [0, 0.1) is 13.8 Å². The van der Waals surface area contributed by atoms with E-state index in [1.807, 2.05) is 13.8 Å². The number of rotatable bonds is 5. The molecular formula is C14H17ClN4O. The molecule has 0 radical (unpaired) electrons. The number of nitrogens with zero attached hydrogens (tertiary/aromatic N) is 3. The highest BCUT2D eigenvalue weighted by Crippen LogP contribution is 2.27. The maximum absolute atomic E-state index is 5.89. The molecule has 106 valence electrons. The number of anilines is 1. The summed E-state index contributed by atoms with van der Waals surface area (Å²) in [5.74, 6) is 2.52. The minimum absolute atomic E-state index is 0.514. The summed E-state index contributed by atoms with van der Waals surface area (Å²) >= 11 is 5.89. The van der Waals surface area contributed by atoms with E-state index in [4.69, 9.17) is 16.3 Å². The summed E-state index contributed by atoms with van der Waals surface area (Å²) < 4.78 is 5.75. The molecule has 6 heteroatoms. The average molecular weight is 293 g/mol. The van der Waals surface area contributed by atoms with Crippen LogP contribution in [0.15, 0.2) is 18.5 Å². The fourth-order valence-electron chi connectivity index (χ4n) is 1.68. The van der Waals surface area contributed by atoms with E-state index < -0.39 is 0 Å². The molecule has 0 spiro atoms. The second-order valence-electron chi connectivity index (χ2n) is 4.42. The van der Waals surface area contributed by atoms with Crippen molar-refractivity contribution in [3.63, 3.8) is 0 Å². The molecule has 5 nitrogen and oxygen atoms in total. The van der Waals surface area contributed by atoms with E-state index in [1.54, 1.807) is 18.5 Å². The molecular weight excluding hydrogens is 276 g/mol. The Balaban J connectivity index is 2.29. The van der Waals surface area contributed by atoms with Crippen LogP contribution in [0.5, 0.6) is 11.6 Å². The van der Waals surface area contributed by atoms with Crippen molar-refractivity contribution in [3.8, 4) is 11.6 Å². The SMILES string of the molecule is CCCNc1nc(C)nc(Oc2cncc(Cl)c2)c1C. The Kier molecular flexibility index (Phi) is 4.74. The van der Waals surface area contributed by atoms with Gasteiger partial charge in [-0.05, 0) is 20.3 Å². The topological polar surface area (TPSA) is 59.9 Å². The molecule has 0 saturated carbocycles. The van der Waals surface area contributed by atoms with Gasteiger partial charge in [-0.2, -0.15) is 4.98 Å². The van der Waals surface area contributed by atoms with E-state index in [0.717, 1.165) is 24.3 Å². The number of pyridine rings is 1. The van der Waals surface area contributed by atoms with Crippen molar-refractivity contribution >= 4 is 17.4 Å². The molecule has 2 rings (SSSR count). The van der Waals surface area contributed by atoms with E-state index in [9.17, 15) is 0 Å². The predicted octanol–water partition coefficient (Wildman–Crippen LogP) is 3.76. The van der Waals surface area contributed by atoms with Crippen LogP contribution in [-0.4, -0.2) is 21.5 Å². The molecule has 0 unspecified atom stereocenters. The lowest BCUT2D eigenvalue weighted by molar-refractivity contribution is 0.454. The highest BCUT2D eigenvalue weighted by molar-refractivity contribution is 6.30. The number of aromatic nitrogens is 3. The monoisotopic (exact) mass is 292 g/mol. The fourth-order valence-corrected chi connectivity index (χ4v) is 1.84. The molecule has 0 saturated heterocycles. The number of hydrogen-bond acceptors (Lipinski definition) is 5. The fraction of sp³-hybridized carbons (Fsp3) is 0.357. The maximum Gasteiger partial charge on any atom is 0.227 e. The van der Waals surface area contributed by atoms with Crippen LogP contribution < -0.4 is 10.1 Å². The Morgan fingerprint density at radius 1 is 1.25 bits per heavy atom. The largest absolute Gasteiger partial charge is 0.437 e. The first-order valence-electron chi connectivity index (χ1n) is 6.47. The summed E-state index contributed by atoms with van der Waals surface area (Å²) in [6.07, 6.45) is 4.18. The minimum Gasteiger partial charge on any atom is -0.437 e. The van der Waals surface area contributed by atoms with Crippen molar-refractivity contribution in [2.45, 2.75) is 27.2 Å². The van der Waals surface area contributed by atoms with Crippen molar-refractivity contribution in [3.05, 3.63) is 34.9 Å². The minimum atomic E-state index is 0.514. The van der Waals surface area contributed by atoms with Gasteiger partial charge in [-0.3, -0.25) is 4.98 Å². The average Bonchev–Trinajstić information content (AvgIpc) is 2.41. The number of nitrogens with one attached hydrogen (secondary N) is 1. The predicted molar refractivity (Wildman–Crippen MR) is 79.6 cm³/mol. The standard InChI is InChI=1S/C14H17ClN4O/c1-4-5-17-13-9(2)14(19-10(3)18-13)20-12-6-11(15)7-16-8-12/h6-8H,4-5H2,1-3H3,(H,17,18,19). The lowest BCUT2D eigenvalue weighted by Gasteiger charge is -2.13. The smallest absolute Gasteiger partial charge is 0.227 e. The molecule has 0 amide bonds. The van der Waals surface area contributed by atoms with Gasteiger partial charge in [-0.1, -0.05) is 18.5 Å². The van der Waals surface area contributed by atoms with Gasteiger partial charge in [0.15, 0.2) is 0 Å². The Bertz CT molecular complexity index is 604. The van der Waals surface area contributed by atoms with Gasteiger partial charge in [-0.15, -0.1) is 0 Å². The van der Waals surface area contributed by atoms with Gasteiger partial charge in [0.25, 0.3) is 0 Å². The number of ether oxygens (including phenoxy) is 1. The third kappa shape index (κ3) is 3.57. The summed E-state index contributed by atoms with van der Waals surface area (Å²) in [7, 11) is 0.